The zero-order valence-corrected chi connectivity index (χ0v) is 22.3. The Labute approximate surface area is 213 Å². The molecule has 2 atom stereocenters. The number of carbonyl (C=O) groups excluding carboxylic acids is 1. The van der Waals surface area contributed by atoms with E-state index in [9.17, 15) is 14.3 Å². The lowest BCUT2D eigenvalue weighted by Crippen LogP contribution is -2.51. The highest BCUT2D eigenvalue weighted by Crippen LogP contribution is 2.43. The van der Waals surface area contributed by atoms with Crippen LogP contribution in [0, 0.1) is 5.82 Å². The lowest BCUT2D eigenvalue weighted by molar-refractivity contribution is -0.102. The summed E-state index contributed by atoms with van der Waals surface area (Å²) >= 11 is 0. The number of ether oxygens (including phenoxy) is 1. The largest absolute Gasteiger partial charge is 0.494 e. The standard InChI is InChI=1S/C28H37BFNO5/c1-19(20-12-14-21(15-13-20)29-35-26(4,5)27(6,7)36-29)31-17-16-28(34-24(31)32,18-25(2,3)33)22-10-8-9-11-23(22)30/h8-15,19,33H,16-18H2,1-7H3/t19-,28?/m0/s1. The summed E-state index contributed by atoms with van der Waals surface area (Å²) in [6, 6.07) is 13.9. The van der Waals surface area contributed by atoms with Crippen molar-refractivity contribution < 1.29 is 28.3 Å². The maximum atomic E-state index is 14.8. The highest BCUT2D eigenvalue weighted by atomic mass is 19.1. The predicted octanol–water partition coefficient (Wildman–Crippen LogP) is 5.08. The van der Waals surface area contributed by atoms with Crippen LogP contribution in [0.25, 0.3) is 0 Å². The first-order valence-corrected chi connectivity index (χ1v) is 12.6. The van der Waals surface area contributed by atoms with Gasteiger partial charge in [0.05, 0.1) is 22.8 Å². The number of hydrogen-bond donors (Lipinski definition) is 1. The minimum Gasteiger partial charge on any atom is -0.438 e. The number of cyclic esters (lactones) is 1. The van der Waals surface area contributed by atoms with Gasteiger partial charge in [0.15, 0.2) is 0 Å². The lowest BCUT2D eigenvalue weighted by atomic mass is 9.78. The van der Waals surface area contributed by atoms with E-state index in [2.05, 4.69) is 0 Å². The van der Waals surface area contributed by atoms with Gasteiger partial charge >= 0.3 is 13.2 Å². The molecule has 2 aliphatic heterocycles. The zero-order chi connectivity index (χ0) is 26.5. The summed E-state index contributed by atoms with van der Waals surface area (Å²) in [6.45, 7) is 13.7. The number of halogens is 1. The summed E-state index contributed by atoms with van der Waals surface area (Å²) < 4.78 is 33.0. The van der Waals surface area contributed by atoms with Crippen LogP contribution in [-0.4, -0.2) is 46.6 Å². The number of hydrogen-bond acceptors (Lipinski definition) is 5. The summed E-state index contributed by atoms with van der Waals surface area (Å²) in [5.74, 6) is -0.450. The van der Waals surface area contributed by atoms with E-state index < -0.39 is 41.4 Å². The van der Waals surface area contributed by atoms with Gasteiger partial charge in [0.1, 0.15) is 11.4 Å². The Morgan fingerprint density at radius 3 is 2.17 bits per heavy atom. The van der Waals surface area contributed by atoms with Gasteiger partial charge in [-0.1, -0.05) is 42.5 Å². The first-order valence-electron chi connectivity index (χ1n) is 12.6. The predicted molar refractivity (Wildman–Crippen MR) is 137 cm³/mol. The molecule has 6 nitrogen and oxygen atoms in total. The molecule has 1 amide bonds. The number of amides is 1. The molecule has 0 aliphatic carbocycles. The second-order valence-corrected chi connectivity index (χ2v) is 11.7. The summed E-state index contributed by atoms with van der Waals surface area (Å²) in [5.41, 5.74) is -1.09. The minimum atomic E-state index is -1.24. The topological polar surface area (TPSA) is 68.2 Å². The molecule has 0 bridgehead atoms. The molecule has 2 aliphatic rings. The summed E-state index contributed by atoms with van der Waals surface area (Å²) in [5, 5.41) is 10.6. The fourth-order valence-corrected chi connectivity index (χ4v) is 5.05. The minimum absolute atomic E-state index is 0.0949. The summed E-state index contributed by atoms with van der Waals surface area (Å²) in [7, 11) is -0.456. The molecular weight excluding hydrogens is 460 g/mol. The Balaban J connectivity index is 1.52. The Kier molecular flexibility index (Phi) is 6.78. The quantitative estimate of drug-likeness (QED) is 0.564. The van der Waals surface area contributed by atoms with Crippen molar-refractivity contribution in [2.75, 3.05) is 6.54 Å². The van der Waals surface area contributed by atoms with Crippen molar-refractivity contribution in [2.24, 2.45) is 0 Å². The molecule has 36 heavy (non-hydrogen) atoms. The van der Waals surface area contributed by atoms with Crippen LogP contribution in [0.15, 0.2) is 48.5 Å². The van der Waals surface area contributed by atoms with Gasteiger partial charge in [-0.05, 0) is 65.6 Å². The Bertz CT molecular complexity index is 1100. The highest BCUT2D eigenvalue weighted by Gasteiger charge is 2.52. The van der Waals surface area contributed by atoms with Gasteiger partial charge in [-0.3, -0.25) is 0 Å². The smallest absolute Gasteiger partial charge is 0.438 e. The number of benzene rings is 2. The Morgan fingerprint density at radius 2 is 1.64 bits per heavy atom. The van der Waals surface area contributed by atoms with Crippen molar-refractivity contribution in [3.8, 4) is 0 Å². The first-order chi connectivity index (χ1) is 16.6. The molecule has 194 valence electrons. The molecule has 1 unspecified atom stereocenters. The van der Waals surface area contributed by atoms with Gasteiger partial charge in [0.2, 0.25) is 0 Å². The van der Waals surface area contributed by atoms with E-state index in [4.69, 9.17) is 14.0 Å². The molecule has 0 radical (unpaired) electrons. The third kappa shape index (κ3) is 5.04. The second-order valence-electron chi connectivity index (χ2n) is 11.7. The number of nitrogens with zero attached hydrogens (tertiary/aromatic N) is 1. The van der Waals surface area contributed by atoms with Crippen LogP contribution in [0.3, 0.4) is 0 Å². The summed E-state index contributed by atoms with van der Waals surface area (Å²) in [4.78, 5) is 14.9. The maximum Gasteiger partial charge on any atom is 0.494 e. The molecule has 2 heterocycles. The molecule has 4 rings (SSSR count). The van der Waals surface area contributed by atoms with Gasteiger partial charge in [0.25, 0.3) is 0 Å². The highest BCUT2D eigenvalue weighted by molar-refractivity contribution is 6.62. The van der Waals surface area contributed by atoms with Crippen LogP contribution in [0.1, 0.15) is 78.5 Å². The van der Waals surface area contributed by atoms with Crippen LogP contribution >= 0.6 is 0 Å². The molecule has 0 spiro atoms. The lowest BCUT2D eigenvalue weighted by Gasteiger charge is -2.45. The van der Waals surface area contributed by atoms with Crippen LogP contribution in [-0.2, 0) is 19.6 Å². The van der Waals surface area contributed by atoms with Crippen LogP contribution in [0.2, 0.25) is 0 Å². The van der Waals surface area contributed by atoms with E-state index in [-0.39, 0.29) is 12.5 Å². The molecule has 8 heteroatoms. The number of carbonyl (C=O) groups is 1. The monoisotopic (exact) mass is 497 g/mol. The average molecular weight is 497 g/mol. The second kappa shape index (κ2) is 9.16. The normalized spacial score (nSPS) is 24.5. The fraction of sp³-hybridized carbons (Fsp3) is 0.536. The Morgan fingerprint density at radius 1 is 1.06 bits per heavy atom. The van der Waals surface area contributed by atoms with Crippen molar-refractivity contribution in [2.45, 2.75) is 89.8 Å². The third-order valence-electron chi connectivity index (χ3n) is 7.77. The van der Waals surface area contributed by atoms with Gasteiger partial charge in [-0.15, -0.1) is 0 Å². The molecule has 0 aromatic heterocycles. The number of aliphatic hydroxyl groups is 1. The molecule has 2 aromatic carbocycles. The average Bonchev–Trinajstić information content (AvgIpc) is 2.99. The van der Waals surface area contributed by atoms with Gasteiger partial charge in [-0.2, -0.15) is 0 Å². The van der Waals surface area contributed by atoms with Crippen molar-refractivity contribution in [3.05, 3.63) is 65.5 Å². The molecule has 2 saturated heterocycles. The Hall–Kier alpha value is -2.42. The summed E-state index contributed by atoms with van der Waals surface area (Å²) in [6.07, 6.45) is -0.0752. The fourth-order valence-electron chi connectivity index (χ4n) is 5.05. The number of rotatable bonds is 6. The first kappa shape index (κ1) is 26.6. The van der Waals surface area contributed by atoms with Crippen LogP contribution in [0.5, 0.6) is 0 Å². The van der Waals surface area contributed by atoms with Crippen LogP contribution < -0.4 is 5.46 Å². The third-order valence-corrected chi connectivity index (χ3v) is 7.77. The zero-order valence-electron chi connectivity index (χ0n) is 22.3. The maximum absolute atomic E-state index is 14.8. The van der Waals surface area contributed by atoms with Crippen molar-refractivity contribution in [1.82, 2.24) is 4.90 Å². The SMILES string of the molecule is C[C@@H](c1ccc(B2OC(C)(C)C(C)(C)O2)cc1)N1CCC(CC(C)(C)O)(c2ccccc2F)OC1=O. The van der Waals surface area contributed by atoms with Gasteiger partial charge < -0.3 is 24.1 Å². The van der Waals surface area contributed by atoms with Crippen molar-refractivity contribution >= 4 is 18.7 Å². The molecule has 2 aromatic rings. The molecule has 1 N–H and O–H groups in total. The van der Waals surface area contributed by atoms with Crippen molar-refractivity contribution in [3.63, 3.8) is 0 Å². The molecule has 2 fully saturated rings. The molecule has 0 saturated carbocycles. The van der Waals surface area contributed by atoms with E-state index in [0.717, 1.165) is 11.0 Å². The van der Waals surface area contributed by atoms with Gasteiger partial charge in [0, 0.05) is 24.9 Å². The van der Waals surface area contributed by atoms with E-state index in [1.54, 1.807) is 36.9 Å². The van der Waals surface area contributed by atoms with Gasteiger partial charge in [-0.25, -0.2) is 9.18 Å². The van der Waals surface area contributed by atoms with E-state index in [1.807, 2.05) is 58.9 Å². The molecular formula is C28H37BFNO5. The van der Waals surface area contributed by atoms with Crippen molar-refractivity contribution in [1.29, 1.82) is 0 Å². The van der Waals surface area contributed by atoms with E-state index in [1.165, 1.54) is 6.07 Å². The van der Waals surface area contributed by atoms with E-state index in [0.29, 0.717) is 18.5 Å². The van der Waals surface area contributed by atoms with E-state index >= 15 is 0 Å². The van der Waals surface area contributed by atoms with Crippen LogP contribution in [0.4, 0.5) is 9.18 Å².